The molecule has 6 nitrogen and oxygen atoms in total. The van der Waals surface area contributed by atoms with Gasteiger partial charge in [0.25, 0.3) is 11.8 Å². The number of carbonyl (C=O) groups excluding carboxylic acids is 2. The molecule has 0 radical (unpaired) electrons. The molecule has 24 heavy (non-hydrogen) atoms. The zero-order valence-corrected chi connectivity index (χ0v) is 15.5. The molecule has 0 aliphatic carbocycles. The fraction of sp³-hybridized carbons (Fsp3) is 0.529. The van der Waals surface area contributed by atoms with E-state index in [1.165, 1.54) is 9.80 Å². The molecule has 1 fully saturated rings. The number of likely N-dealkylation sites (N-methyl/N-ethyl adjacent to an activating group) is 1. The number of nitrogens with one attached hydrogen (secondary N) is 4. The van der Waals surface area contributed by atoms with Crippen molar-refractivity contribution in [2.75, 3.05) is 51.3 Å². The van der Waals surface area contributed by atoms with E-state index < -0.39 is 0 Å². The summed E-state index contributed by atoms with van der Waals surface area (Å²) in [5.74, 6) is 0.133. The van der Waals surface area contributed by atoms with Crippen LogP contribution in [0.3, 0.4) is 0 Å². The predicted molar refractivity (Wildman–Crippen MR) is 96.6 cm³/mol. The molecule has 0 aromatic heterocycles. The first-order valence-electron chi connectivity index (χ1n) is 8.37. The van der Waals surface area contributed by atoms with Crippen molar-refractivity contribution < 1.29 is 19.4 Å². The van der Waals surface area contributed by atoms with E-state index in [2.05, 4.69) is 10.6 Å². The summed E-state index contributed by atoms with van der Waals surface area (Å²) in [6.07, 6.45) is 2.01. The van der Waals surface area contributed by atoms with Crippen LogP contribution >= 0.6 is 11.8 Å². The molecule has 1 aromatic carbocycles. The Labute approximate surface area is 148 Å². The van der Waals surface area contributed by atoms with E-state index in [9.17, 15) is 9.59 Å². The lowest BCUT2D eigenvalue weighted by molar-refractivity contribution is -1.01. The molecule has 1 atom stereocenters. The van der Waals surface area contributed by atoms with Crippen molar-refractivity contribution in [3.05, 3.63) is 24.3 Å². The van der Waals surface area contributed by atoms with Crippen LogP contribution in [-0.2, 0) is 9.59 Å². The summed E-state index contributed by atoms with van der Waals surface area (Å²) in [4.78, 5) is 27.7. The standard InChI is InChI=1S/C17H26N4O2S/c1-13(17(23)19-14-6-4-5-7-15(14)24-3)21-10-8-20(9-11-21)12-16(22)18-2/h4-7,13H,8-12H2,1-3H3,(H,18,22)(H,19,23)/p+2/t13-/m0/s1. The highest BCUT2D eigenvalue weighted by Crippen LogP contribution is 2.24. The predicted octanol–water partition coefficient (Wildman–Crippen LogP) is -1.74. The normalized spacial score (nSPS) is 21.8. The van der Waals surface area contributed by atoms with Gasteiger partial charge in [0.2, 0.25) is 0 Å². The highest BCUT2D eigenvalue weighted by molar-refractivity contribution is 7.98. The van der Waals surface area contributed by atoms with Crippen LogP contribution in [0.1, 0.15) is 6.92 Å². The van der Waals surface area contributed by atoms with Gasteiger partial charge >= 0.3 is 0 Å². The van der Waals surface area contributed by atoms with Crippen molar-refractivity contribution in [1.82, 2.24) is 5.32 Å². The number of rotatable bonds is 6. The lowest BCUT2D eigenvalue weighted by Crippen LogP contribution is -3.30. The fourth-order valence-corrected chi connectivity index (χ4v) is 3.58. The van der Waals surface area contributed by atoms with Crippen molar-refractivity contribution in [2.45, 2.75) is 17.9 Å². The van der Waals surface area contributed by atoms with Gasteiger partial charge < -0.3 is 20.4 Å². The van der Waals surface area contributed by atoms with Gasteiger partial charge in [-0.25, -0.2) is 0 Å². The average molecular weight is 353 g/mol. The number of quaternary nitrogens is 2. The summed E-state index contributed by atoms with van der Waals surface area (Å²) in [6.45, 7) is 6.15. The summed E-state index contributed by atoms with van der Waals surface area (Å²) < 4.78 is 0. The number of amides is 2. The topological polar surface area (TPSA) is 67.1 Å². The van der Waals surface area contributed by atoms with Crippen molar-refractivity contribution >= 4 is 29.3 Å². The van der Waals surface area contributed by atoms with Crippen LogP contribution in [0.5, 0.6) is 0 Å². The number of para-hydroxylation sites is 1. The maximum atomic E-state index is 12.6. The van der Waals surface area contributed by atoms with Crippen LogP contribution in [-0.4, -0.2) is 63.9 Å². The van der Waals surface area contributed by atoms with Gasteiger partial charge in [0.15, 0.2) is 12.6 Å². The molecule has 1 aromatic rings. The van der Waals surface area contributed by atoms with Gasteiger partial charge in [0.1, 0.15) is 26.2 Å². The number of anilines is 1. The minimum absolute atomic E-state index is 0.0567. The van der Waals surface area contributed by atoms with E-state index in [4.69, 9.17) is 0 Å². The molecule has 0 spiro atoms. The summed E-state index contributed by atoms with van der Waals surface area (Å²) in [6, 6.07) is 7.77. The molecule has 7 heteroatoms. The second kappa shape index (κ2) is 9.05. The fourth-order valence-electron chi connectivity index (χ4n) is 3.02. The van der Waals surface area contributed by atoms with Crippen molar-refractivity contribution in [1.29, 1.82) is 0 Å². The third-order valence-corrected chi connectivity index (χ3v) is 5.46. The van der Waals surface area contributed by atoms with E-state index >= 15 is 0 Å². The van der Waals surface area contributed by atoms with E-state index in [0.717, 1.165) is 36.8 Å². The van der Waals surface area contributed by atoms with E-state index in [-0.39, 0.29) is 17.9 Å². The van der Waals surface area contributed by atoms with Crippen LogP contribution in [0, 0.1) is 0 Å². The maximum absolute atomic E-state index is 12.6. The summed E-state index contributed by atoms with van der Waals surface area (Å²) in [5.41, 5.74) is 0.880. The molecule has 0 bridgehead atoms. The monoisotopic (exact) mass is 352 g/mol. The van der Waals surface area contributed by atoms with Gasteiger partial charge in [0.05, 0.1) is 5.69 Å². The number of thioether (sulfide) groups is 1. The molecule has 0 unspecified atom stereocenters. The number of benzene rings is 1. The Hall–Kier alpha value is -1.57. The molecule has 4 N–H and O–H groups in total. The summed E-state index contributed by atoms with van der Waals surface area (Å²) >= 11 is 1.63. The first-order valence-corrected chi connectivity index (χ1v) is 9.60. The SMILES string of the molecule is CNC(=O)C[NH+]1CC[NH+]([C@@H](C)C(=O)Nc2ccccc2SC)CC1. The van der Waals surface area contributed by atoms with Crippen molar-refractivity contribution in [3.63, 3.8) is 0 Å². The highest BCUT2D eigenvalue weighted by atomic mass is 32.2. The van der Waals surface area contributed by atoms with Crippen LogP contribution < -0.4 is 20.4 Å². The van der Waals surface area contributed by atoms with Crippen LogP contribution in [0.15, 0.2) is 29.2 Å². The second-order valence-corrected chi connectivity index (χ2v) is 7.02. The lowest BCUT2D eigenvalue weighted by atomic mass is 10.2. The Morgan fingerprint density at radius 1 is 1.21 bits per heavy atom. The first kappa shape index (κ1) is 18.8. The Kier molecular flexibility index (Phi) is 7.08. The first-order chi connectivity index (χ1) is 11.5. The zero-order valence-electron chi connectivity index (χ0n) is 14.6. The molecule has 1 heterocycles. The van der Waals surface area contributed by atoms with Gasteiger partial charge in [-0.2, -0.15) is 0 Å². The lowest BCUT2D eigenvalue weighted by Gasteiger charge is -2.32. The quantitative estimate of drug-likeness (QED) is 0.460. The molecule has 1 aliphatic rings. The minimum Gasteiger partial charge on any atom is -0.354 e. The summed E-state index contributed by atoms with van der Waals surface area (Å²) in [7, 11) is 1.67. The molecule has 2 amide bonds. The molecule has 132 valence electrons. The van der Waals surface area contributed by atoms with Gasteiger partial charge in [-0.05, 0) is 25.3 Å². The van der Waals surface area contributed by atoms with Gasteiger partial charge in [-0.1, -0.05) is 12.1 Å². The Balaban J connectivity index is 1.87. The van der Waals surface area contributed by atoms with Crippen LogP contribution in [0.4, 0.5) is 5.69 Å². The van der Waals surface area contributed by atoms with Crippen LogP contribution in [0.2, 0.25) is 0 Å². The third-order valence-electron chi connectivity index (χ3n) is 4.66. The van der Waals surface area contributed by atoms with Gasteiger partial charge in [0, 0.05) is 11.9 Å². The number of piperazine rings is 1. The summed E-state index contributed by atoms with van der Waals surface area (Å²) in [5, 5.41) is 5.73. The maximum Gasteiger partial charge on any atom is 0.282 e. The number of hydrogen-bond acceptors (Lipinski definition) is 3. The number of carbonyl (C=O) groups is 2. The molecule has 2 rings (SSSR count). The Morgan fingerprint density at radius 3 is 2.50 bits per heavy atom. The van der Waals surface area contributed by atoms with E-state index in [1.807, 2.05) is 37.4 Å². The highest BCUT2D eigenvalue weighted by Gasteiger charge is 2.31. The second-order valence-electron chi connectivity index (χ2n) is 6.17. The third kappa shape index (κ3) is 4.96. The minimum atomic E-state index is -0.0959. The largest absolute Gasteiger partial charge is 0.354 e. The zero-order chi connectivity index (χ0) is 17.5. The van der Waals surface area contributed by atoms with E-state index in [1.54, 1.807) is 18.8 Å². The van der Waals surface area contributed by atoms with Gasteiger partial charge in [-0.15, -0.1) is 11.8 Å². The smallest absolute Gasteiger partial charge is 0.282 e. The molecular weight excluding hydrogens is 324 g/mol. The van der Waals surface area contributed by atoms with E-state index in [0.29, 0.717) is 6.54 Å². The number of hydrogen-bond donors (Lipinski definition) is 4. The molecular formula is C17H28N4O2S+2. The van der Waals surface area contributed by atoms with Crippen molar-refractivity contribution in [3.8, 4) is 0 Å². The van der Waals surface area contributed by atoms with Crippen molar-refractivity contribution in [2.24, 2.45) is 0 Å². The molecule has 1 aliphatic heterocycles. The van der Waals surface area contributed by atoms with Crippen LogP contribution in [0.25, 0.3) is 0 Å². The molecule has 1 saturated heterocycles. The molecule has 0 saturated carbocycles. The Morgan fingerprint density at radius 2 is 1.88 bits per heavy atom. The Bertz CT molecular complexity index is 573. The van der Waals surface area contributed by atoms with Gasteiger partial charge in [-0.3, -0.25) is 9.59 Å². The average Bonchev–Trinajstić information content (AvgIpc) is 2.62.